The molecule has 1 N–H and O–H groups in total. The van der Waals surface area contributed by atoms with E-state index in [-0.39, 0.29) is 18.4 Å². The van der Waals surface area contributed by atoms with Gasteiger partial charge in [0.15, 0.2) is 0 Å². The third-order valence-electron chi connectivity index (χ3n) is 4.28. The second kappa shape index (κ2) is 7.18. The first-order chi connectivity index (χ1) is 13.5. The van der Waals surface area contributed by atoms with Crippen LogP contribution in [-0.4, -0.2) is 31.2 Å². The van der Waals surface area contributed by atoms with Crippen LogP contribution in [0.25, 0.3) is 22.5 Å². The molecule has 4 aromatic heterocycles. The minimum atomic E-state index is -0.288. The van der Waals surface area contributed by atoms with Gasteiger partial charge in [-0.1, -0.05) is 24.2 Å². The Morgan fingerprint density at radius 3 is 2.68 bits per heavy atom. The Balaban J connectivity index is 1.56. The van der Waals surface area contributed by atoms with Crippen molar-refractivity contribution in [1.82, 2.24) is 30.6 Å². The SMILES string of the molecule is Cc1noc2nc(C(C)C)cc(C(=O)NCc3nc(-c4ccncc4)no3)c12. The number of aromatic nitrogens is 5. The molecule has 0 radical (unpaired) electrons. The molecule has 9 heteroatoms. The molecule has 4 rings (SSSR count). The number of pyridine rings is 2. The van der Waals surface area contributed by atoms with E-state index in [0.29, 0.717) is 34.1 Å². The highest BCUT2D eigenvalue weighted by Crippen LogP contribution is 2.25. The van der Waals surface area contributed by atoms with Crippen LogP contribution in [0.2, 0.25) is 0 Å². The van der Waals surface area contributed by atoms with E-state index >= 15 is 0 Å². The fraction of sp³-hybridized carbons (Fsp3) is 0.263. The van der Waals surface area contributed by atoms with Gasteiger partial charge in [0, 0.05) is 23.7 Å². The van der Waals surface area contributed by atoms with Crippen LogP contribution < -0.4 is 5.32 Å². The summed E-state index contributed by atoms with van der Waals surface area (Å²) >= 11 is 0. The van der Waals surface area contributed by atoms with E-state index in [9.17, 15) is 4.79 Å². The number of rotatable bonds is 5. The van der Waals surface area contributed by atoms with Crippen molar-refractivity contribution in [1.29, 1.82) is 0 Å². The lowest BCUT2D eigenvalue weighted by atomic mass is 10.0. The first kappa shape index (κ1) is 17.8. The molecule has 0 aliphatic heterocycles. The van der Waals surface area contributed by atoms with Gasteiger partial charge in [0.1, 0.15) is 0 Å². The average molecular weight is 378 g/mol. The summed E-state index contributed by atoms with van der Waals surface area (Å²) in [6, 6.07) is 5.33. The molecule has 0 aromatic carbocycles. The average Bonchev–Trinajstić information content (AvgIpc) is 3.33. The highest BCUT2D eigenvalue weighted by molar-refractivity contribution is 6.06. The number of carbonyl (C=O) groups is 1. The van der Waals surface area contributed by atoms with Gasteiger partial charge in [-0.05, 0) is 31.0 Å². The van der Waals surface area contributed by atoms with Crippen LogP contribution in [0.3, 0.4) is 0 Å². The first-order valence-corrected chi connectivity index (χ1v) is 8.81. The maximum atomic E-state index is 12.8. The Bertz CT molecular complexity index is 1130. The molecule has 0 saturated carbocycles. The van der Waals surface area contributed by atoms with Crippen molar-refractivity contribution in [3.05, 3.63) is 53.4 Å². The molecule has 0 saturated heterocycles. The van der Waals surface area contributed by atoms with Crippen LogP contribution in [0.1, 0.15) is 47.4 Å². The predicted octanol–water partition coefficient (Wildman–Crippen LogP) is 3.03. The van der Waals surface area contributed by atoms with Crippen molar-refractivity contribution in [3.8, 4) is 11.4 Å². The molecule has 1 amide bonds. The number of hydrogen-bond acceptors (Lipinski definition) is 8. The van der Waals surface area contributed by atoms with Crippen molar-refractivity contribution in [2.75, 3.05) is 0 Å². The molecule has 0 fully saturated rings. The highest BCUT2D eigenvalue weighted by atomic mass is 16.5. The summed E-state index contributed by atoms with van der Waals surface area (Å²) in [4.78, 5) is 25.5. The second-order valence-electron chi connectivity index (χ2n) is 6.63. The summed E-state index contributed by atoms with van der Waals surface area (Å²) in [6.07, 6.45) is 3.30. The fourth-order valence-electron chi connectivity index (χ4n) is 2.78. The van der Waals surface area contributed by atoms with E-state index in [4.69, 9.17) is 9.05 Å². The number of nitrogens with one attached hydrogen (secondary N) is 1. The zero-order valence-corrected chi connectivity index (χ0v) is 15.6. The lowest BCUT2D eigenvalue weighted by Gasteiger charge is -2.08. The summed E-state index contributed by atoms with van der Waals surface area (Å²) in [5.41, 5.74) is 2.97. The van der Waals surface area contributed by atoms with Crippen molar-refractivity contribution in [2.24, 2.45) is 0 Å². The van der Waals surface area contributed by atoms with E-state index in [1.165, 1.54) is 0 Å². The maximum absolute atomic E-state index is 12.8. The predicted molar refractivity (Wildman–Crippen MR) is 99.3 cm³/mol. The molecule has 4 heterocycles. The van der Waals surface area contributed by atoms with Gasteiger partial charge >= 0.3 is 0 Å². The third kappa shape index (κ3) is 3.34. The minimum Gasteiger partial charge on any atom is -0.343 e. The summed E-state index contributed by atoms with van der Waals surface area (Å²) in [7, 11) is 0. The Morgan fingerprint density at radius 2 is 1.93 bits per heavy atom. The number of aryl methyl sites for hydroxylation is 1. The third-order valence-corrected chi connectivity index (χ3v) is 4.28. The van der Waals surface area contributed by atoms with Crippen LogP contribution in [0, 0.1) is 6.92 Å². The summed E-state index contributed by atoms with van der Waals surface area (Å²) in [5.74, 6) is 0.594. The lowest BCUT2D eigenvalue weighted by molar-refractivity contribution is 0.0947. The summed E-state index contributed by atoms with van der Waals surface area (Å²) < 4.78 is 10.5. The molecule has 28 heavy (non-hydrogen) atoms. The van der Waals surface area contributed by atoms with Crippen LogP contribution in [0.15, 0.2) is 39.6 Å². The molecular formula is C19H18N6O3. The molecule has 0 aliphatic rings. The van der Waals surface area contributed by atoms with Gasteiger partial charge < -0.3 is 14.4 Å². The van der Waals surface area contributed by atoms with Crippen LogP contribution >= 0.6 is 0 Å². The van der Waals surface area contributed by atoms with Gasteiger partial charge in [-0.15, -0.1) is 0 Å². The second-order valence-corrected chi connectivity index (χ2v) is 6.63. The molecule has 0 aliphatic carbocycles. The van der Waals surface area contributed by atoms with Crippen molar-refractivity contribution in [2.45, 2.75) is 33.2 Å². The lowest BCUT2D eigenvalue weighted by Crippen LogP contribution is -2.23. The van der Waals surface area contributed by atoms with Crippen molar-refractivity contribution < 1.29 is 13.8 Å². The Kier molecular flexibility index (Phi) is 4.56. The summed E-state index contributed by atoms with van der Waals surface area (Å²) in [6.45, 7) is 5.87. The summed E-state index contributed by atoms with van der Waals surface area (Å²) in [5, 5.41) is 11.3. The maximum Gasteiger partial charge on any atom is 0.259 e. The van der Waals surface area contributed by atoms with E-state index in [1.54, 1.807) is 37.5 Å². The number of amides is 1. The van der Waals surface area contributed by atoms with Gasteiger partial charge in [0.25, 0.3) is 11.6 Å². The molecule has 0 unspecified atom stereocenters. The van der Waals surface area contributed by atoms with Crippen LogP contribution in [0.4, 0.5) is 0 Å². The van der Waals surface area contributed by atoms with Gasteiger partial charge in [-0.3, -0.25) is 9.78 Å². The molecule has 4 aromatic rings. The largest absolute Gasteiger partial charge is 0.343 e. The Hall–Kier alpha value is -3.62. The van der Waals surface area contributed by atoms with Gasteiger partial charge in [0.2, 0.25) is 11.7 Å². The Labute approximate surface area is 160 Å². The zero-order valence-electron chi connectivity index (χ0n) is 15.6. The standard InChI is InChI=1S/C19H18N6O3/c1-10(2)14-8-13(16-11(3)24-28-19(16)22-14)18(26)21-9-15-23-17(25-27-15)12-4-6-20-7-5-12/h4-8,10H,9H2,1-3H3,(H,21,26). The van der Waals surface area contributed by atoms with E-state index in [0.717, 1.165) is 11.3 Å². The normalized spacial score (nSPS) is 11.3. The van der Waals surface area contributed by atoms with Crippen LogP contribution in [0.5, 0.6) is 0 Å². The fourth-order valence-corrected chi connectivity index (χ4v) is 2.78. The molecule has 142 valence electrons. The number of fused-ring (bicyclic) bond motifs is 1. The number of carbonyl (C=O) groups excluding carboxylic acids is 1. The molecule has 0 spiro atoms. The number of nitrogens with zero attached hydrogens (tertiary/aromatic N) is 5. The zero-order chi connectivity index (χ0) is 19.7. The molecule has 0 atom stereocenters. The topological polar surface area (TPSA) is 120 Å². The highest BCUT2D eigenvalue weighted by Gasteiger charge is 2.20. The molecule has 9 nitrogen and oxygen atoms in total. The first-order valence-electron chi connectivity index (χ1n) is 8.81. The van der Waals surface area contributed by atoms with Crippen molar-refractivity contribution >= 4 is 17.0 Å². The van der Waals surface area contributed by atoms with Gasteiger partial charge in [0.05, 0.1) is 23.2 Å². The quantitative estimate of drug-likeness (QED) is 0.563. The molecular weight excluding hydrogens is 360 g/mol. The smallest absolute Gasteiger partial charge is 0.259 e. The molecule has 0 bridgehead atoms. The van der Waals surface area contributed by atoms with Crippen LogP contribution in [-0.2, 0) is 6.54 Å². The Morgan fingerprint density at radius 1 is 1.14 bits per heavy atom. The minimum absolute atomic E-state index is 0.0993. The monoisotopic (exact) mass is 378 g/mol. The van der Waals surface area contributed by atoms with E-state index in [2.05, 4.69) is 30.6 Å². The number of hydrogen-bond donors (Lipinski definition) is 1. The van der Waals surface area contributed by atoms with Gasteiger partial charge in [-0.25, -0.2) is 4.98 Å². The van der Waals surface area contributed by atoms with E-state index < -0.39 is 0 Å². The van der Waals surface area contributed by atoms with Gasteiger partial charge in [-0.2, -0.15) is 4.98 Å². The van der Waals surface area contributed by atoms with Crippen molar-refractivity contribution in [3.63, 3.8) is 0 Å². The van der Waals surface area contributed by atoms with E-state index in [1.807, 2.05) is 13.8 Å².